The molecule has 4 heteroatoms. The highest BCUT2D eigenvalue weighted by molar-refractivity contribution is 5.88. The fraction of sp³-hybridized carbons (Fsp3) is 0.154. The average Bonchev–Trinajstić information content (AvgIpc) is 2.32. The lowest BCUT2D eigenvalue weighted by atomic mass is 10.1. The van der Waals surface area contributed by atoms with Crippen molar-refractivity contribution >= 4 is 11.7 Å². The lowest BCUT2D eigenvalue weighted by molar-refractivity contribution is -0.114. The van der Waals surface area contributed by atoms with Gasteiger partial charge in [-0.25, -0.2) is 4.98 Å². The van der Waals surface area contributed by atoms with Crippen LogP contribution in [0, 0.1) is 0 Å². The molecule has 0 saturated carbocycles. The Hall–Kier alpha value is -2.23. The quantitative estimate of drug-likeness (QED) is 0.872. The van der Waals surface area contributed by atoms with Gasteiger partial charge >= 0.3 is 0 Å². The van der Waals surface area contributed by atoms with Gasteiger partial charge in [-0.05, 0) is 5.56 Å². The summed E-state index contributed by atoms with van der Waals surface area (Å²) in [7, 11) is 0. The maximum Gasteiger partial charge on any atom is 0.222 e. The van der Waals surface area contributed by atoms with Crippen LogP contribution in [0.3, 0.4) is 0 Å². The minimum atomic E-state index is -0.139. The molecule has 1 aromatic carbocycles. The highest BCUT2D eigenvalue weighted by Crippen LogP contribution is 2.13. The molecule has 2 rings (SSSR count). The van der Waals surface area contributed by atoms with Crippen LogP contribution in [0.1, 0.15) is 18.2 Å². The first-order chi connectivity index (χ1) is 8.25. The van der Waals surface area contributed by atoms with E-state index in [1.165, 1.54) is 6.92 Å². The summed E-state index contributed by atoms with van der Waals surface area (Å²) in [6.45, 7) is 1.46. The van der Waals surface area contributed by atoms with Gasteiger partial charge in [0.05, 0.1) is 5.69 Å². The van der Waals surface area contributed by atoms with E-state index in [9.17, 15) is 4.79 Å². The molecule has 0 atom stereocenters. The topological polar surface area (TPSA) is 54.9 Å². The molecule has 0 spiro atoms. The molecule has 0 saturated heterocycles. The number of carbonyl (C=O) groups excluding carboxylic acids is 1. The largest absolute Gasteiger partial charge is 0.309 e. The maximum atomic E-state index is 11.0. The van der Waals surface area contributed by atoms with Crippen LogP contribution >= 0.6 is 0 Å². The van der Waals surface area contributed by atoms with Gasteiger partial charge in [0, 0.05) is 25.7 Å². The number of hydrogen-bond donors (Lipinski definition) is 1. The summed E-state index contributed by atoms with van der Waals surface area (Å²) >= 11 is 0. The maximum absolute atomic E-state index is 11.0. The minimum absolute atomic E-state index is 0.139. The van der Waals surface area contributed by atoms with E-state index in [0.717, 1.165) is 11.3 Å². The normalized spacial score (nSPS) is 9.94. The van der Waals surface area contributed by atoms with E-state index in [0.29, 0.717) is 12.2 Å². The van der Waals surface area contributed by atoms with Crippen LogP contribution in [0.25, 0.3) is 0 Å². The fourth-order valence-corrected chi connectivity index (χ4v) is 1.56. The highest BCUT2D eigenvalue weighted by atomic mass is 16.1. The zero-order valence-corrected chi connectivity index (χ0v) is 9.55. The predicted molar refractivity (Wildman–Crippen MR) is 65.6 cm³/mol. The number of benzene rings is 1. The zero-order valence-electron chi connectivity index (χ0n) is 9.55. The summed E-state index contributed by atoms with van der Waals surface area (Å²) in [5, 5.41) is 2.68. The molecule has 1 aromatic heterocycles. The van der Waals surface area contributed by atoms with Crippen LogP contribution in [-0.2, 0) is 11.2 Å². The third-order valence-electron chi connectivity index (χ3n) is 2.28. The van der Waals surface area contributed by atoms with Crippen molar-refractivity contribution in [2.45, 2.75) is 13.3 Å². The number of rotatable bonds is 3. The summed E-state index contributed by atoms with van der Waals surface area (Å²) in [5.74, 6) is 0.392. The van der Waals surface area contributed by atoms with Gasteiger partial charge in [0.15, 0.2) is 5.82 Å². The molecule has 0 bridgehead atoms. The number of amides is 1. The van der Waals surface area contributed by atoms with E-state index >= 15 is 0 Å². The first-order valence-corrected chi connectivity index (χ1v) is 5.37. The van der Waals surface area contributed by atoms with Gasteiger partial charge < -0.3 is 5.32 Å². The number of anilines is 1. The first kappa shape index (κ1) is 11.3. The van der Waals surface area contributed by atoms with E-state index < -0.39 is 0 Å². The number of aromatic nitrogens is 2. The van der Waals surface area contributed by atoms with Gasteiger partial charge in [-0.1, -0.05) is 30.3 Å². The zero-order chi connectivity index (χ0) is 12.1. The molecule has 4 nitrogen and oxygen atoms in total. The number of carbonyl (C=O) groups is 1. The van der Waals surface area contributed by atoms with Gasteiger partial charge in [-0.2, -0.15) is 0 Å². The third kappa shape index (κ3) is 3.11. The molecule has 1 N–H and O–H groups in total. The monoisotopic (exact) mass is 227 g/mol. The minimum Gasteiger partial charge on any atom is -0.309 e. The van der Waals surface area contributed by atoms with E-state index in [2.05, 4.69) is 15.3 Å². The van der Waals surface area contributed by atoms with Crippen molar-refractivity contribution in [1.29, 1.82) is 0 Å². The van der Waals surface area contributed by atoms with E-state index in [-0.39, 0.29) is 5.91 Å². The van der Waals surface area contributed by atoms with Crippen LogP contribution in [0.4, 0.5) is 5.82 Å². The second kappa shape index (κ2) is 5.21. The lowest BCUT2D eigenvalue weighted by Crippen LogP contribution is -2.11. The molecular formula is C13H13N3O. The molecule has 86 valence electrons. The molecule has 1 heterocycles. The summed E-state index contributed by atoms with van der Waals surface area (Å²) in [5.41, 5.74) is 1.91. The lowest BCUT2D eigenvalue weighted by Gasteiger charge is -2.07. The Kier molecular flexibility index (Phi) is 3.45. The molecule has 0 aliphatic heterocycles. The second-order valence-corrected chi connectivity index (χ2v) is 3.70. The van der Waals surface area contributed by atoms with Crippen LogP contribution in [0.2, 0.25) is 0 Å². The predicted octanol–water partition coefficient (Wildman–Crippen LogP) is 2.03. The Morgan fingerprint density at radius 1 is 1.18 bits per heavy atom. The second-order valence-electron chi connectivity index (χ2n) is 3.70. The first-order valence-electron chi connectivity index (χ1n) is 5.37. The van der Waals surface area contributed by atoms with Crippen molar-refractivity contribution in [1.82, 2.24) is 9.97 Å². The molecule has 2 aromatic rings. The molecule has 0 aliphatic carbocycles. The van der Waals surface area contributed by atoms with Crippen molar-refractivity contribution in [2.24, 2.45) is 0 Å². The Morgan fingerprint density at radius 2 is 1.88 bits per heavy atom. The van der Waals surface area contributed by atoms with Crippen molar-refractivity contribution < 1.29 is 4.79 Å². The fourth-order valence-electron chi connectivity index (χ4n) is 1.56. The molecule has 0 fully saturated rings. The number of nitrogens with zero attached hydrogens (tertiary/aromatic N) is 2. The molecule has 1 amide bonds. The number of hydrogen-bond acceptors (Lipinski definition) is 3. The Morgan fingerprint density at radius 3 is 2.59 bits per heavy atom. The molecular weight excluding hydrogens is 214 g/mol. The van der Waals surface area contributed by atoms with Crippen molar-refractivity contribution in [2.75, 3.05) is 5.32 Å². The van der Waals surface area contributed by atoms with Crippen molar-refractivity contribution in [3.63, 3.8) is 0 Å². The van der Waals surface area contributed by atoms with Crippen LogP contribution in [0.5, 0.6) is 0 Å². The molecule has 0 radical (unpaired) electrons. The molecule has 17 heavy (non-hydrogen) atoms. The highest BCUT2D eigenvalue weighted by Gasteiger charge is 2.06. The average molecular weight is 227 g/mol. The van der Waals surface area contributed by atoms with E-state index in [1.807, 2.05) is 30.3 Å². The summed E-state index contributed by atoms with van der Waals surface area (Å²) in [6.07, 6.45) is 3.85. The van der Waals surface area contributed by atoms with Crippen LogP contribution in [-0.4, -0.2) is 15.9 Å². The number of nitrogens with one attached hydrogen (secondary N) is 1. The van der Waals surface area contributed by atoms with Crippen LogP contribution < -0.4 is 5.32 Å². The van der Waals surface area contributed by atoms with Gasteiger partial charge in [-0.3, -0.25) is 9.78 Å². The Balaban J connectivity index is 2.23. The van der Waals surface area contributed by atoms with E-state index in [1.54, 1.807) is 12.4 Å². The summed E-state index contributed by atoms with van der Waals surface area (Å²) < 4.78 is 0. The SMILES string of the molecule is CC(=O)Nc1nccnc1Cc1ccccc1. The standard InChI is InChI=1S/C13H13N3O/c1-10(17)16-13-12(14-7-8-15-13)9-11-5-3-2-4-6-11/h2-8H,9H2,1H3,(H,15,16,17). The van der Waals surface area contributed by atoms with Gasteiger partial charge in [-0.15, -0.1) is 0 Å². The van der Waals surface area contributed by atoms with Crippen molar-refractivity contribution in [3.05, 3.63) is 54.0 Å². The van der Waals surface area contributed by atoms with Gasteiger partial charge in [0.2, 0.25) is 5.91 Å². The van der Waals surface area contributed by atoms with Gasteiger partial charge in [0.1, 0.15) is 0 Å². The smallest absolute Gasteiger partial charge is 0.222 e. The molecule has 0 aliphatic rings. The van der Waals surface area contributed by atoms with Crippen LogP contribution in [0.15, 0.2) is 42.7 Å². The van der Waals surface area contributed by atoms with Gasteiger partial charge in [0.25, 0.3) is 0 Å². The Bertz CT molecular complexity index is 511. The summed E-state index contributed by atoms with van der Waals surface area (Å²) in [6, 6.07) is 9.96. The third-order valence-corrected chi connectivity index (χ3v) is 2.28. The van der Waals surface area contributed by atoms with E-state index in [4.69, 9.17) is 0 Å². The molecule has 0 unspecified atom stereocenters. The summed E-state index contributed by atoms with van der Waals surface area (Å²) in [4.78, 5) is 19.4. The van der Waals surface area contributed by atoms with Crippen molar-refractivity contribution in [3.8, 4) is 0 Å². The Labute approximate surface area is 99.7 Å².